The fourth-order valence-electron chi connectivity index (χ4n) is 2.17. The van der Waals surface area contributed by atoms with Crippen molar-refractivity contribution in [2.45, 2.75) is 18.8 Å². The number of nitrogens with zero attached hydrogens (tertiary/aromatic N) is 4. The van der Waals surface area contributed by atoms with Crippen molar-refractivity contribution in [1.29, 1.82) is 0 Å². The lowest BCUT2D eigenvalue weighted by Gasteiger charge is -2.12. The molecule has 21 heavy (non-hydrogen) atoms. The van der Waals surface area contributed by atoms with Crippen LogP contribution in [0.1, 0.15) is 12.6 Å². The van der Waals surface area contributed by atoms with Crippen molar-refractivity contribution in [3.05, 3.63) is 12.7 Å². The van der Waals surface area contributed by atoms with Crippen LogP contribution in [0.25, 0.3) is 11.2 Å². The second-order valence-corrected chi connectivity index (χ2v) is 6.28. The summed E-state index contributed by atoms with van der Waals surface area (Å²) in [5, 5.41) is 0. The maximum absolute atomic E-state index is 10.8. The summed E-state index contributed by atoms with van der Waals surface area (Å²) >= 11 is 0. The SMILES string of the molecule is Nc1ncnc2c1ncn2[C@@H]1C[C@H](OCP(=O)(O)O)CO1. The van der Waals surface area contributed by atoms with Gasteiger partial charge in [0.15, 0.2) is 11.5 Å². The molecule has 0 saturated carbocycles. The Labute approximate surface area is 119 Å². The van der Waals surface area contributed by atoms with Crippen LogP contribution < -0.4 is 5.73 Å². The van der Waals surface area contributed by atoms with Gasteiger partial charge in [0.05, 0.1) is 19.0 Å². The minimum absolute atomic E-state index is 0.241. The molecule has 4 N–H and O–H groups in total. The number of imidazole rings is 1. The second kappa shape index (κ2) is 5.32. The number of fused-ring (bicyclic) bond motifs is 1. The highest BCUT2D eigenvalue weighted by Crippen LogP contribution is 2.36. The molecule has 1 aliphatic rings. The molecule has 1 saturated heterocycles. The Kier molecular flexibility index (Phi) is 3.64. The Hall–Kier alpha value is -1.58. The predicted molar refractivity (Wildman–Crippen MR) is 71.1 cm³/mol. The normalized spacial score (nSPS) is 23.0. The van der Waals surface area contributed by atoms with Gasteiger partial charge in [-0.05, 0) is 0 Å². The van der Waals surface area contributed by atoms with E-state index in [1.165, 1.54) is 6.33 Å². The second-order valence-electron chi connectivity index (χ2n) is 4.69. The number of anilines is 1. The van der Waals surface area contributed by atoms with E-state index in [-0.39, 0.29) is 24.8 Å². The van der Waals surface area contributed by atoms with Crippen LogP contribution in [0, 0.1) is 0 Å². The van der Waals surface area contributed by atoms with Crippen LogP contribution in [-0.4, -0.2) is 48.4 Å². The molecular formula is C10H14N5O5P. The molecule has 0 aromatic carbocycles. The molecule has 0 unspecified atom stereocenters. The monoisotopic (exact) mass is 315 g/mol. The van der Waals surface area contributed by atoms with E-state index in [0.29, 0.717) is 17.6 Å². The molecule has 2 atom stereocenters. The molecule has 1 aliphatic heterocycles. The summed E-state index contributed by atoms with van der Waals surface area (Å²) in [6, 6.07) is 0. The zero-order valence-corrected chi connectivity index (χ0v) is 11.8. The largest absolute Gasteiger partial charge is 0.382 e. The van der Waals surface area contributed by atoms with Gasteiger partial charge in [-0.1, -0.05) is 0 Å². The Morgan fingerprint density at radius 2 is 2.29 bits per heavy atom. The topological polar surface area (TPSA) is 146 Å². The number of ether oxygens (including phenoxy) is 2. The summed E-state index contributed by atoms with van der Waals surface area (Å²) in [7, 11) is -4.18. The minimum Gasteiger partial charge on any atom is -0.382 e. The molecular weight excluding hydrogens is 301 g/mol. The summed E-state index contributed by atoms with van der Waals surface area (Å²) in [6.45, 7) is 0.241. The van der Waals surface area contributed by atoms with Crippen LogP contribution in [0.2, 0.25) is 0 Å². The number of rotatable bonds is 4. The van der Waals surface area contributed by atoms with Crippen LogP contribution in [0.4, 0.5) is 5.82 Å². The average molecular weight is 315 g/mol. The molecule has 0 radical (unpaired) electrons. The standard InChI is InChI=1S/C10H14N5O5P/c11-9-8-10(13-3-12-9)15(4-14-8)7-1-6(2-19-7)20-5-21(16,17)18/h3-4,6-7H,1-2,5H2,(H2,11,12,13)(H2,16,17,18)/t6-,7-/m0/s1. The van der Waals surface area contributed by atoms with Gasteiger partial charge in [0.25, 0.3) is 0 Å². The van der Waals surface area contributed by atoms with Gasteiger partial charge >= 0.3 is 7.60 Å². The zero-order valence-electron chi connectivity index (χ0n) is 10.9. The van der Waals surface area contributed by atoms with Gasteiger partial charge in [-0.25, -0.2) is 15.0 Å². The van der Waals surface area contributed by atoms with Crippen molar-refractivity contribution >= 4 is 24.6 Å². The van der Waals surface area contributed by atoms with Gasteiger partial charge in [-0.2, -0.15) is 0 Å². The lowest BCUT2D eigenvalue weighted by Crippen LogP contribution is -2.14. The molecule has 1 fully saturated rings. The summed E-state index contributed by atoms with van der Waals surface area (Å²) in [6.07, 6.45) is 1.95. The molecule has 0 spiro atoms. The highest BCUT2D eigenvalue weighted by Gasteiger charge is 2.30. The maximum atomic E-state index is 10.8. The van der Waals surface area contributed by atoms with Crippen molar-refractivity contribution in [2.75, 3.05) is 18.7 Å². The van der Waals surface area contributed by atoms with Crippen molar-refractivity contribution < 1.29 is 23.8 Å². The molecule has 0 amide bonds. The van der Waals surface area contributed by atoms with Crippen LogP contribution >= 0.6 is 7.60 Å². The molecule has 10 nitrogen and oxygen atoms in total. The molecule has 0 bridgehead atoms. The molecule has 2 aromatic rings. The first kappa shape index (κ1) is 14.4. The van der Waals surface area contributed by atoms with Crippen LogP contribution in [0.15, 0.2) is 12.7 Å². The quantitative estimate of drug-likeness (QED) is 0.655. The molecule has 114 valence electrons. The van der Waals surface area contributed by atoms with Crippen molar-refractivity contribution in [3.8, 4) is 0 Å². The summed E-state index contributed by atoms with van der Waals surface area (Å²) < 4.78 is 23.2. The third kappa shape index (κ3) is 3.04. The first-order valence-corrected chi connectivity index (χ1v) is 7.94. The van der Waals surface area contributed by atoms with E-state index < -0.39 is 13.9 Å². The van der Waals surface area contributed by atoms with Gasteiger partial charge in [-0.3, -0.25) is 9.13 Å². The number of nitrogen functional groups attached to an aromatic ring is 1. The number of hydrogen-bond donors (Lipinski definition) is 3. The summed E-state index contributed by atoms with van der Waals surface area (Å²) in [5.74, 6) is 0.283. The zero-order chi connectivity index (χ0) is 15.0. The first-order valence-electron chi connectivity index (χ1n) is 6.15. The van der Waals surface area contributed by atoms with Gasteiger partial charge in [0.2, 0.25) is 0 Å². The molecule has 3 heterocycles. The summed E-state index contributed by atoms with van der Waals surface area (Å²) in [4.78, 5) is 29.7. The third-order valence-corrected chi connectivity index (χ3v) is 3.60. The molecule has 0 aliphatic carbocycles. The van der Waals surface area contributed by atoms with Crippen LogP contribution in [-0.2, 0) is 14.0 Å². The number of hydrogen-bond acceptors (Lipinski definition) is 7. The smallest absolute Gasteiger partial charge is 0.350 e. The Balaban J connectivity index is 1.73. The van der Waals surface area contributed by atoms with E-state index in [1.807, 2.05) is 0 Å². The average Bonchev–Trinajstić information content (AvgIpc) is 3.02. The van der Waals surface area contributed by atoms with Crippen molar-refractivity contribution in [2.24, 2.45) is 0 Å². The van der Waals surface area contributed by atoms with E-state index in [4.69, 9.17) is 25.0 Å². The van der Waals surface area contributed by atoms with E-state index in [2.05, 4.69) is 15.0 Å². The van der Waals surface area contributed by atoms with Gasteiger partial charge in [0, 0.05) is 6.42 Å². The lowest BCUT2D eigenvalue weighted by molar-refractivity contribution is 0.0359. The predicted octanol–water partition coefficient (Wildman–Crippen LogP) is -0.152. The van der Waals surface area contributed by atoms with Crippen LogP contribution in [0.5, 0.6) is 0 Å². The molecule has 11 heteroatoms. The fourth-order valence-corrected chi connectivity index (χ4v) is 2.58. The van der Waals surface area contributed by atoms with Crippen molar-refractivity contribution in [1.82, 2.24) is 19.5 Å². The van der Waals surface area contributed by atoms with Gasteiger partial charge < -0.3 is 25.0 Å². The number of nitrogens with two attached hydrogens (primary N) is 1. The van der Waals surface area contributed by atoms with E-state index >= 15 is 0 Å². The van der Waals surface area contributed by atoms with Gasteiger partial charge in [0.1, 0.15) is 24.4 Å². The Morgan fingerprint density at radius 1 is 1.48 bits per heavy atom. The number of aromatic nitrogens is 4. The van der Waals surface area contributed by atoms with E-state index in [1.54, 1.807) is 10.9 Å². The lowest BCUT2D eigenvalue weighted by atomic mass is 10.3. The third-order valence-electron chi connectivity index (χ3n) is 3.11. The van der Waals surface area contributed by atoms with E-state index in [9.17, 15) is 4.57 Å². The molecule has 2 aromatic heterocycles. The highest BCUT2D eigenvalue weighted by molar-refractivity contribution is 7.51. The Bertz CT molecular complexity index is 700. The fraction of sp³-hybridized carbons (Fsp3) is 0.500. The summed E-state index contributed by atoms with van der Waals surface area (Å²) in [5.41, 5.74) is 6.74. The highest BCUT2D eigenvalue weighted by atomic mass is 31.2. The minimum atomic E-state index is -4.18. The van der Waals surface area contributed by atoms with E-state index in [0.717, 1.165) is 0 Å². The van der Waals surface area contributed by atoms with Crippen LogP contribution in [0.3, 0.4) is 0 Å². The Morgan fingerprint density at radius 3 is 3.05 bits per heavy atom. The van der Waals surface area contributed by atoms with Gasteiger partial charge in [-0.15, -0.1) is 0 Å². The van der Waals surface area contributed by atoms with Crippen molar-refractivity contribution in [3.63, 3.8) is 0 Å². The first-order chi connectivity index (χ1) is 9.94. The molecule has 3 rings (SSSR count). The maximum Gasteiger partial charge on any atom is 0.350 e.